The van der Waals surface area contributed by atoms with Crippen molar-refractivity contribution >= 4 is 31.9 Å². The first-order chi connectivity index (χ1) is 8.17. The molecule has 0 spiro atoms. The minimum Gasteiger partial charge on any atom is -0.396 e. The van der Waals surface area contributed by atoms with Gasteiger partial charge in [0.05, 0.1) is 10.3 Å². The molecule has 3 fully saturated rings. The van der Waals surface area contributed by atoms with Crippen molar-refractivity contribution in [1.29, 1.82) is 0 Å². The second-order valence-corrected chi connectivity index (χ2v) is 9.66. The molecule has 4 rings (SSSR count). The second-order valence-electron chi connectivity index (χ2n) is 6.60. The molecule has 0 aromatic rings. The quantitative estimate of drug-likeness (QED) is 0.453. The van der Waals surface area contributed by atoms with Gasteiger partial charge in [-0.2, -0.15) is 0 Å². The Balaban J connectivity index is 1.73. The Kier molecular flexibility index (Phi) is 2.44. The monoisotopic (exact) mass is 360 g/mol. The molecule has 17 heavy (non-hydrogen) atoms. The van der Waals surface area contributed by atoms with Crippen molar-refractivity contribution in [2.45, 2.75) is 23.0 Å². The average molecular weight is 362 g/mol. The van der Waals surface area contributed by atoms with Crippen LogP contribution in [0.3, 0.4) is 0 Å². The van der Waals surface area contributed by atoms with Gasteiger partial charge in [-0.1, -0.05) is 44.0 Å². The standard InChI is InChI=1S/C14H18Br2O/c15-13(16)14(6-17)5-9-4-10(14)12-8-2-1-7(3-8)11(9)12/h1-2,7-13,17H,3-6H2. The van der Waals surface area contributed by atoms with Crippen LogP contribution < -0.4 is 0 Å². The van der Waals surface area contributed by atoms with E-state index in [1.807, 2.05) is 0 Å². The SMILES string of the molecule is OCC1(C(Br)Br)CC2CC1C1C3C=CC(C3)C21. The maximum absolute atomic E-state index is 9.92. The van der Waals surface area contributed by atoms with Crippen molar-refractivity contribution in [3.05, 3.63) is 12.2 Å². The van der Waals surface area contributed by atoms with Gasteiger partial charge in [-0.15, -0.1) is 0 Å². The highest BCUT2D eigenvalue weighted by Crippen LogP contribution is 2.71. The Morgan fingerprint density at radius 3 is 2.53 bits per heavy atom. The summed E-state index contributed by atoms with van der Waals surface area (Å²) in [7, 11) is 0. The van der Waals surface area contributed by atoms with Gasteiger partial charge in [0.1, 0.15) is 0 Å². The van der Waals surface area contributed by atoms with E-state index in [-0.39, 0.29) is 9.15 Å². The average Bonchev–Trinajstić information content (AvgIpc) is 3.05. The third kappa shape index (κ3) is 1.24. The van der Waals surface area contributed by atoms with Gasteiger partial charge in [0.25, 0.3) is 0 Å². The predicted octanol–water partition coefficient (Wildman–Crippen LogP) is 3.56. The van der Waals surface area contributed by atoms with Crippen LogP contribution in [-0.2, 0) is 0 Å². The van der Waals surface area contributed by atoms with Gasteiger partial charge in [0.2, 0.25) is 0 Å². The maximum Gasteiger partial charge on any atom is 0.0778 e. The van der Waals surface area contributed by atoms with E-state index in [2.05, 4.69) is 44.0 Å². The molecule has 0 radical (unpaired) electrons. The van der Waals surface area contributed by atoms with Crippen molar-refractivity contribution in [2.75, 3.05) is 6.61 Å². The van der Waals surface area contributed by atoms with E-state index in [4.69, 9.17) is 0 Å². The van der Waals surface area contributed by atoms with Crippen LogP contribution in [-0.4, -0.2) is 15.4 Å². The number of hydrogen-bond acceptors (Lipinski definition) is 1. The molecule has 7 unspecified atom stereocenters. The summed E-state index contributed by atoms with van der Waals surface area (Å²) < 4.78 is 0.270. The molecular formula is C14H18Br2O. The van der Waals surface area contributed by atoms with Crippen LogP contribution in [0, 0.1) is 40.9 Å². The number of rotatable bonds is 2. The number of halogens is 2. The first-order valence-electron chi connectivity index (χ1n) is 6.75. The summed E-state index contributed by atoms with van der Waals surface area (Å²) in [5.74, 6) is 5.12. The first kappa shape index (κ1) is 11.5. The number of alkyl halides is 2. The van der Waals surface area contributed by atoms with Crippen LogP contribution >= 0.6 is 31.9 Å². The summed E-state index contributed by atoms with van der Waals surface area (Å²) >= 11 is 7.42. The summed E-state index contributed by atoms with van der Waals surface area (Å²) in [4.78, 5) is 0. The Labute approximate surface area is 119 Å². The molecule has 0 saturated heterocycles. The lowest BCUT2D eigenvalue weighted by Gasteiger charge is -2.45. The van der Waals surface area contributed by atoms with Crippen molar-refractivity contribution in [2.24, 2.45) is 40.9 Å². The minimum atomic E-state index is 0.101. The molecule has 1 nitrogen and oxygen atoms in total. The Hall–Kier alpha value is 0.660. The predicted molar refractivity (Wildman–Crippen MR) is 75.1 cm³/mol. The van der Waals surface area contributed by atoms with Gasteiger partial charge < -0.3 is 5.11 Å². The van der Waals surface area contributed by atoms with Crippen LogP contribution in [0.2, 0.25) is 0 Å². The lowest BCUT2D eigenvalue weighted by molar-refractivity contribution is 0.0227. The van der Waals surface area contributed by atoms with E-state index in [9.17, 15) is 5.11 Å². The van der Waals surface area contributed by atoms with E-state index in [1.54, 1.807) is 0 Å². The minimum absolute atomic E-state index is 0.101. The number of allylic oxidation sites excluding steroid dienone is 2. The Morgan fingerprint density at radius 2 is 1.88 bits per heavy atom. The third-order valence-corrected chi connectivity index (χ3v) is 8.08. The normalized spacial score (nSPS) is 58.4. The second kappa shape index (κ2) is 3.61. The van der Waals surface area contributed by atoms with Gasteiger partial charge in [-0.05, 0) is 54.8 Å². The highest BCUT2D eigenvalue weighted by molar-refractivity contribution is 9.24. The molecule has 0 aromatic carbocycles. The lowest BCUT2D eigenvalue weighted by atomic mass is 9.63. The van der Waals surface area contributed by atoms with Gasteiger partial charge in [-0.25, -0.2) is 0 Å². The van der Waals surface area contributed by atoms with Crippen LogP contribution in [0.4, 0.5) is 0 Å². The fourth-order valence-electron chi connectivity index (χ4n) is 5.75. The molecule has 0 aromatic heterocycles. The lowest BCUT2D eigenvalue weighted by Crippen LogP contribution is -2.45. The van der Waals surface area contributed by atoms with E-state index in [0.29, 0.717) is 6.61 Å². The van der Waals surface area contributed by atoms with Gasteiger partial charge in [0.15, 0.2) is 0 Å². The number of aliphatic hydroxyl groups excluding tert-OH is 1. The highest BCUT2D eigenvalue weighted by atomic mass is 79.9. The van der Waals surface area contributed by atoms with E-state index in [1.165, 1.54) is 19.3 Å². The summed E-state index contributed by atoms with van der Waals surface area (Å²) in [5.41, 5.74) is 0.101. The molecular weight excluding hydrogens is 344 g/mol. The molecule has 0 aliphatic heterocycles. The van der Waals surface area contributed by atoms with E-state index in [0.717, 1.165) is 35.5 Å². The fourth-order valence-corrected chi connectivity index (χ4v) is 7.09. The molecule has 4 bridgehead atoms. The Morgan fingerprint density at radius 1 is 1.18 bits per heavy atom. The molecule has 0 amide bonds. The molecule has 4 aliphatic carbocycles. The number of aliphatic hydroxyl groups is 1. The molecule has 4 aliphatic rings. The topological polar surface area (TPSA) is 20.2 Å². The number of fused-ring (bicyclic) bond motifs is 9. The maximum atomic E-state index is 9.92. The largest absolute Gasteiger partial charge is 0.396 e. The van der Waals surface area contributed by atoms with Gasteiger partial charge in [0, 0.05) is 5.41 Å². The summed E-state index contributed by atoms with van der Waals surface area (Å²) in [6.45, 7) is 0.333. The zero-order chi connectivity index (χ0) is 11.8. The molecule has 7 atom stereocenters. The van der Waals surface area contributed by atoms with Crippen LogP contribution in [0.1, 0.15) is 19.3 Å². The number of hydrogen-bond donors (Lipinski definition) is 1. The zero-order valence-electron chi connectivity index (χ0n) is 9.73. The molecule has 3 heteroatoms. The molecule has 1 N–H and O–H groups in total. The molecule has 94 valence electrons. The van der Waals surface area contributed by atoms with Crippen LogP contribution in [0.25, 0.3) is 0 Å². The van der Waals surface area contributed by atoms with Crippen molar-refractivity contribution in [3.8, 4) is 0 Å². The smallest absolute Gasteiger partial charge is 0.0778 e. The van der Waals surface area contributed by atoms with E-state index < -0.39 is 0 Å². The third-order valence-electron chi connectivity index (χ3n) is 6.26. The van der Waals surface area contributed by atoms with Crippen molar-refractivity contribution < 1.29 is 5.11 Å². The van der Waals surface area contributed by atoms with Gasteiger partial charge in [-0.3, -0.25) is 0 Å². The molecule has 3 saturated carbocycles. The fraction of sp³-hybridized carbons (Fsp3) is 0.857. The molecule has 0 heterocycles. The van der Waals surface area contributed by atoms with Gasteiger partial charge >= 0.3 is 0 Å². The summed E-state index contributed by atoms with van der Waals surface area (Å²) in [6.07, 6.45) is 8.92. The summed E-state index contributed by atoms with van der Waals surface area (Å²) in [5, 5.41) is 9.92. The van der Waals surface area contributed by atoms with Crippen LogP contribution in [0.15, 0.2) is 12.2 Å². The Bertz CT molecular complexity index is 380. The van der Waals surface area contributed by atoms with Crippen molar-refractivity contribution in [1.82, 2.24) is 0 Å². The highest BCUT2D eigenvalue weighted by Gasteiger charge is 2.66. The zero-order valence-corrected chi connectivity index (χ0v) is 12.9. The van der Waals surface area contributed by atoms with Crippen molar-refractivity contribution in [3.63, 3.8) is 0 Å². The summed E-state index contributed by atoms with van der Waals surface area (Å²) in [6, 6.07) is 0. The van der Waals surface area contributed by atoms with E-state index >= 15 is 0 Å². The van der Waals surface area contributed by atoms with Crippen LogP contribution in [0.5, 0.6) is 0 Å². The first-order valence-corrected chi connectivity index (χ1v) is 8.58.